The first kappa shape index (κ1) is 27.9. The number of benzene rings is 3. The van der Waals surface area contributed by atoms with Crippen molar-refractivity contribution >= 4 is 57.3 Å². The van der Waals surface area contributed by atoms with Crippen molar-refractivity contribution in [2.75, 3.05) is 11.5 Å². The molecule has 1 N–H and O–H groups in total. The van der Waals surface area contributed by atoms with Crippen molar-refractivity contribution in [2.45, 2.75) is 36.4 Å². The predicted molar refractivity (Wildman–Crippen MR) is 159 cm³/mol. The Labute approximate surface area is 245 Å². The number of ketones is 1. The molecule has 1 amide bonds. The third-order valence-electron chi connectivity index (χ3n) is 6.32. The molecule has 0 radical (unpaired) electrons. The lowest BCUT2D eigenvalue weighted by Gasteiger charge is -2.22. The van der Waals surface area contributed by atoms with Crippen LogP contribution in [0.25, 0.3) is 5.76 Å². The molecule has 40 heavy (non-hydrogen) atoms. The summed E-state index contributed by atoms with van der Waals surface area (Å²) in [5.74, 6) is -0.519. The minimum Gasteiger partial charge on any atom is -0.507 e. The number of rotatable bonds is 9. The highest BCUT2D eigenvalue weighted by molar-refractivity contribution is 8.00. The minimum atomic E-state index is -0.906. The monoisotopic (exact) mass is 591 g/mol. The molecule has 1 unspecified atom stereocenters. The van der Waals surface area contributed by atoms with Crippen molar-refractivity contribution in [1.82, 2.24) is 10.2 Å². The predicted octanol–water partition coefficient (Wildman–Crippen LogP) is 7.21. The zero-order chi connectivity index (χ0) is 28.2. The summed E-state index contributed by atoms with van der Waals surface area (Å²) >= 11 is 8.86. The third-order valence-corrected chi connectivity index (χ3v) is 8.69. The maximum absolute atomic E-state index is 13.4. The highest BCUT2D eigenvalue weighted by atomic mass is 35.5. The van der Waals surface area contributed by atoms with E-state index in [0.717, 1.165) is 12.0 Å². The Bertz CT molecular complexity index is 1550. The van der Waals surface area contributed by atoms with Crippen LogP contribution in [0, 0.1) is 6.92 Å². The summed E-state index contributed by atoms with van der Waals surface area (Å²) in [4.78, 5) is 28.1. The number of carbonyl (C=O) groups excluding carboxylic acids is 2. The van der Waals surface area contributed by atoms with Gasteiger partial charge in [0, 0.05) is 16.3 Å². The van der Waals surface area contributed by atoms with Gasteiger partial charge in [-0.1, -0.05) is 83.6 Å². The second kappa shape index (κ2) is 12.2. The van der Waals surface area contributed by atoms with Crippen LogP contribution < -0.4 is 9.64 Å². The number of ether oxygens (including phenoxy) is 1. The SMILES string of the molecule is CCCOc1ccc(C(O)=C2C(=O)C(=O)N(c3nnc(SCc4ccc(C)cc4)s3)C2c2ccc(Cl)cc2)cc1. The fraction of sp³-hybridized carbons (Fsp3) is 0.200. The first-order chi connectivity index (χ1) is 19.4. The standard InChI is InChI=1S/C30H26ClN3O4S2/c1-3-16-38-23-14-10-21(11-15-23)26(35)24-25(20-8-12-22(31)13-9-20)34(28(37)27(24)36)29-32-33-30(40-29)39-17-19-6-4-18(2)5-7-19/h4-15,25,35H,3,16-17H2,1-2H3. The molecule has 7 nitrogen and oxygen atoms in total. The van der Waals surface area contributed by atoms with E-state index < -0.39 is 17.7 Å². The number of hydrogen-bond donors (Lipinski definition) is 1. The van der Waals surface area contributed by atoms with Crippen molar-refractivity contribution in [3.8, 4) is 5.75 Å². The molecule has 204 valence electrons. The molecule has 5 rings (SSSR count). The minimum absolute atomic E-state index is 0.0291. The molecular weight excluding hydrogens is 566 g/mol. The van der Waals surface area contributed by atoms with E-state index in [-0.39, 0.29) is 16.5 Å². The molecule has 0 saturated carbocycles. The van der Waals surface area contributed by atoms with E-state index in [2.05, 4.69) is 34.5 Å². The van der Waals surface area contributed by atoms with Gasteiger partial charge in [-0.15, -0.1) is 10.2 Å². The Hall–Kier alpha value is -3.66. The molecule has 1 atom stereocenters. The first-order valence-corrected chi connectivity index (χ1v) is 14.8. The average molecular weight is 592 g/mol. The molecule has 1 aliphatic heterocycles. The van der Waals surface area contributed by atoms with Gasteiger partial charge in [-0.2, -0.15) is 0 Å². The molecule has 10 heteroatoms. The van der Waals surface area contributed by atoms with E-state index >= 15 is 0 Å². The van der Waals surface area contributed by atoms with Crippen molar-refractivity contribution in [3.05, 3.63) is 106 Å². The lowest BCUT2D eigenvalue weighted by Crippen LogP contribution is -2.29. The summed E-state index contributed by atoms with van der Waals surface area (Å²) in [7, 11) is 0. The van der Waals surface area contributed by atoms with E-state index in [9.17, 15) is 14.7 Å². The topological polar surface area (TPSA) is 92.6 Å². The molecule has 1 fully saturated rings. The molecule has 0 bridgehead atoms. The highest BCUT2D eigenvalue weighted by Gasteiger charge is 2.48. The van der Waals surface area contributed by atoms with Gasteiger partial charge in [0.1, 0.15) is 11.5 Å². The Kier molecular flexibility index (Phi) is 8.54. The Balaban J connectivity index is 1.49. The second-order valence-corrected chi connectivity index (χ2v) is 11.8. The van der Waals surface area contributed by atoms with Crippen LogP contribution in [0.5, 0.6) is 5.75 Å². The van der Waals surface area contributed by atoms with Gasteiger partial charge in [-0.25, -0.2) is 0 Å². The lowest BCUT2D eigenvalue weighted by atomic mass is 9.95. The molecule has 1 aliphatic rings. The van der Waals surface area contributed by atoms with Gasteiger partial charge in [0.25, 0.3) is 5.78 Å². The fourth-order valence-corrected chi connectivity index (χ4v) is 6.21. The molecule has 1 aromatic heterocycles. The second-order valence-electron chi connectivity index (χ2n) is 9.22. The molecule has 3 aromatic carbocycles. The van der Waals surface area contributed by atoms with Crippen molar-refractivity contribution in [3.63, 3.8) is 0 Å². The number of nitrogens with zero attached hydrogens (tertiary/aromatic N) is 3. The zero-order valence-electron chi connectivity index (χ0n) is 21.8. The Morgan fingerprint density at radius 1 is 1.02 bits per heavy atom. The number of hydrogen-bond acceptors (Lipinski definition) is 8. The normalized spacial score (nSPS) is 16.5. The zero-order valence-corrected chi connectivity index (χ0v) is 24.2. The van der Waals surface area contributed by atoms with Gasteiger partial charge in [-0.05, 0) is 60.9 Å². The first-order valence-electron chi connectivity index (χ1n) is 12.7. The Morgan fingerprint density at radius 2 is 1.73 bits per heavy atom. The molecule has 2 heterocycles. The van der Waals surface area contributed by atoms with Crippen LogP contribution in [0.4, 0.5) is 5.13 Å². The number of aryl methyl sites for hydroxylation is 1. The summed E-state index contributed by atoms with van der Waals surface area (Å²) in [6.45, 7) is 4.62. The summed E-state index contributed by atoms with van der Waals surface area (Å²) in [5, 5.41) is 20.7. The van der Waals surface area contributed by atoms with E-state index in [1.807, 2.05) is 13.8 Å². The number of anilines is 1. The van der Waals surface area contributed by atoms with Gasteiger partial charge in [0.05, 0.1) is 18.2 Å². The van der Waals surface area contributed by atoms with Crippen molar-refractivity contribution in [2.24, 2.45) is 0 Å². The smallest absolute Gasteiger partial charge is 0.301 e. The molecule has 0 spiro atoms. The van der Waals surface area contributed by atoms with Gasteiger partial charge >= 0.3 is 5.91 Å². The highest BCUT2D eigenvalue weighted by Crippen LogP contribution is 2.44. The van der Waals surface area contributed by atoms with Gasteiger partial charge in [0.15, 0.2) is 4.34 Å². The summed E-state index contributed by atoms with van der Waals surface area (Å²) in [6.07, 6.45) is 0.865. The van der Waals surface area contributed by atoms with Crippen LogP contribution >= 0.6 is 34.7 Å². The van der Waals surface area contributed by atoms with E-state index in [1.54, 1.807) is 48.5 Å². The lowest BCUT2D eigenvalue weighted by molar-refractivity contribution is -0.132. The maximum Gasteiger partial charge on any atom is 0.301 e. The number of amides is 1. The van der Waals surface area contributed by atoms with Crippen molar-refractivity contribution < 1.29 is 19.4 Å². The van der Waals surface area contributed by atoms with Crippen LogP contribution in [0.2, 0.25) is 5.02 Å². The molecule has 0 aliphatic carbocycles. The third kappa shape index (κ3) is 5.91. The average Bonchev–Trinajstić information content (AvgIpc) is 3.54. The number of aliphatic hydroxyl groups excluding tert-OH is 1. The number of aliphatic hydroxyl groups is 1. The fourth-order valence-electron chi connectivity index (χ4n) is 4.26. The van der Waals surface area contributed by atoms with E-state index in [0.29, 0.717) is 38.6 Å². The largest absolute Gasteiger partial charge is 0.507 e. The number of aromatic nitrogens is 2. The van der Waals surface area contributed by atoms with Gasteiger partial charge in [-0.3, -0.25) is 14.5 Å². The van der Waals surface area contributed by atoms with Crippen LogP contribution in [0.15, 0.2) is 82.7 Å². The number of carbonyl (C=O) groups is 2. The molecule has 4 aromatic rings. The van der Waals surface area contributed by atoms with Crippen LogP contribution in [0.3, 0.4) is 0 Å². The summed E-state index contributed by atoms with van der Waals surface area (Å²) < 4.78 is 6.29. The summed E-state index contributed by atoms with van der Waals surface area (Å²) in [5.41, 5.74) is 3.30. The Morgan fingerprint density at radius 3 is 2.40 bits per heavy atom. The van der Waals surface area contributed by atoms with E-state index in [1.165, 1.54) is 33.6 Å². The van der Waals surface area contributed by atoms with Gasteiger partial charge in [0.2, 0.25) is 5.13 Å². The summed E-state index contributed by atoms with van der Waals surface area (Å²) in [6, 6.07) is 20.9. The molecule has 1 saturated heterocycles. The van der Waals surface area contributed by atoms with Crippen molar-refractivity contribution in [1.29, 1.82) is 0 Å². The van der Waals surface area contributed by atoms with Crippen LogP contribution in [0.1, 0.15) is 41.6 Å². The number of Topliss-reactive ketones (excluding diaryl/α,β-unsaturated/α-hetero) is 1. The molecular formula is C30H26ClN3O4S2. The van der Waals surface area contributed by atoms with Crippen LogP contribution in [-0.2, 0) is 15.3 Å². The van der Waals surface area contributed by atoms with Gasteiger partial charge < -0.3 is 9.84 Å². The number of thioether (sulfide) groups is 1. The maximum atomic E-state index is 13.4. The number of halogens is 1. The quantitative estimate of drug-likeness (QED) is 0.0723. The van der Waals surface area contributed by atoms with E-state index in [4.69, 9.17) is 16.3 Å². The van der Waals surface area contributed by atoms with Crippen LogP contribution in [-0.4, -0.2) is 33.6 Å².